The van der Waals surface area contributed by atoms with Crippen molar-refractivity contribution in [2.75, 3.05) is 13.2 Å². The van der Waals surface area contributed by atoms with Crippen molar-refractivity contribution in [3.8, 4) is 5.75 Å². The molecule has 1 atom stereocenters. The number of halogens is 5. The minimum absolute atomic E-state index is 0.130. The molecule has 1 aromatic carbocycles. The maximum atomic E-state index is 6.06. The van der Waals surface area contributed by atoms with Gasteiger partial charge in [0.2, 0.25) is 0 Å². The summed E-state index contributed by atoms with van der Waals surface area (Å²) in [5.41, 5.74) is 0. The Bertz CT molecular complexity index is 438. The van der Waals surface area contributed by atoms with Crippen molar-refractivity contribution in [3.05, 3.63) is 25.1 Å². The molecule has 0 fully saturated rings. The average Bonchev–Trinajstić information content (AvgIpc) is 2.42. The Kier molecular flexibility index (Phi) is 8.10. The van der Waals surface area contributed by atoms with Crippen LogP contribution < -0.4 is 10.1 Å². The second-order valence-electron chi connectivity index (χ2n) is 4.39. The topological polar surface area (TPSA) is 21.3 Å². The highest BCUT2D eigenvalue weighted by molar-refractivity contribution is 6.55. The van der Waals surface area contributed by atoms with E-state index in [-0.39, 0.29) is 30.9 Å². The first-order chi connectivity index (χ1) is 9.40. The quantitative estimate of drug-likeness (QED) is 0.350. The number of nitrogens with one attached hydrogen (secondary N) is 1. The fourth-order valence-corrected chi connectivity index (χ4v) is 2.94. The molecular formula is C13H16Cl5NO. The van der Waals surface area contributed by atoms with E-state index < -0.39 is 0 Å². The molecule has 0 bridgehead atoms. The molecular weight excluding hydrogens is 363 g/mol. The molecule has 0 aromatic heterocycles. The summed E-state index contributed by atoms with van der Waals surface area (Å²) < 4.78 is 5.56. The number of rotatable bonds is 7. The number of ether oxygens (including phenoxy) is 1. The third kappa shape index (κ3) is 4.72. The Morgan fingerprint density at radius 1 is 0.950 bits per heavy atom. The molecule has 0 amide bonds. The van der Waals surface area contributed by atoms with Gasteiger partial charge >= 0.3 is 0 Å². The van der Waals surface area contributed by atoms with Crippen LogP contribution in [-0.4, -0.2) is 19.2 Å². The molecule has 1 aromatic rings. The fraction of sp³-hybridized carbons (Fsp3) is 0.538. The van der Waals surface area contributed by atoms with E-state index in [0.29, 0.717) is 19.2 Å². The molecule has 0 radical (unpaired) electrons. The van der Waals surface area contributed by atoms with Crippen molar-refractivity contribution in [2.24, 2.45) is 0 Å². The van der Waals surface area contributed by atoms with E-state index in [1.165, 1.54) is 0 Å². The third-order valence-electron chi connectivity index (χ3n) is 2.73. The van der Waals surface area contributed by atoms with Gasteiger partial charge < -0.3 is 10.1 Å². The minimum atomic E-state index is 0.130. The van der Waals surface area contributed by atoms with Crippen LogP contribution >= 0.6 is 58.0 Å². The molecule has 0 saturated carbocycles. The van der Waals surface area contributed by atoms with Crippen LogP contribution in [0.25, 0.3) is 0 Å². The summed E-state index contributed by atoms with van der Waals surface area (Å²) in [6, 6.07) is 0.437. The van der Waals surface area contributed by atoms with Crippen LogP contribution in [0.1, 0.15) is 26.7 Å². The molecule has 7 heteroatoms. The maximum absolute atomic E-state index is 6.06. The zero-order valence-electron chi connectivity index (χ0n) is 11.2. The normalized spacial score (nSPS) is 12.6. The van der Waals surface area contributed by atoms with Gasteiger partial charge in [0, 0.05) is 12.6 Å². The monoisotopic (exact) mass is 377 g/mol. The molecule has 0 spiro atoms. The molecule has 0 aliphatic rings. The number of benzene rings is 1. The summed E-state index contributed by atoms with van der Waals surface area (Å²) in [5, 5.41) is 4.09. The van der Waals surface area contributed by atoms with E-state index in [0.717, 1.165) is 12.8 Å². The molecule has 1 N–H and O–H groups in total. The van der Waals surface area contributed by atoms with Gasteiger partial charge in [0.25, 0.3) is 0 Å². The van der Waals surface area contributed by atoms with Gasteiger partial charge in [-0.1, -0.05) is 71.3 Å². The zero-order valence-corrected chi connectivity index (χ0v) is 15.0. The van der Waals surface area contributed by atoms with Crippen LogP contribution in [0.5, 0.6) is 5.75 Å². The van der Waals surface area contributed by atoms with E-state index >= 15 is 0 Å². The SMILES string of the molecule is CCCC(C)NCCOc1c(Cl)c(Cl)c(Cl)c(Cl)c1Cl. The van der Waals surface area contributed by atoms with Crippen LogP contribution in [0, 0.1) is 0 Å². The van der Waals surface area contributed by atoms with Crippen molar-refractivity contribution >= 4 is 58.0 Å². The molecule has 2 nitrogen and oxygen atoms in total. The zero-order chi connectivity index (χ0) is 15.3. The van der Waals surface area contributed by atoms with Gasteiger partial charge in [-0.05, 0) is 13.3 Å². The summed E-state index contributed by atoms with van der Waals surface area (Å²) in [5.74, 6) is 0.262. The molecule has 0 saturated heterocycles. The highest BCUT2D eigenvalue weighted by atomic mass is 35.5. The standard InChI is InChI=1S/C13H16Cl5NO/c1-3-4-7(2)19-5-6-20-13-11(17)9(15)8(14)10(16)12(13)18/h7,19H,3-6H2,1-2H3. The van der Waals surface area contributed by atoms with Gasteiger partial charge in [0.1, 0.15) is 16.7 Å². The van der Waals surface area contributed by atoms with Crippen LogP contribution in [-0.2, 0) is 0 Å². The number of hydrogen-bond acceptors (Lipinski definition) is 2. The highest BCUT2D eigenvalue weighted by Crippen LogP contribution is 2.48. The van der Waals surface area contributed by atoms with Gasteiger partial charge in [0.15, 0.2) is 5.75 Å². The lowest BCUT2D eigenvalue weighted by Crippen LogP contribution is -2.30. The van der Waals surface area contributed by atoms with Crippen molar-refractivity contribution in [1.29, 1.82) is 0 Å². The van der Waals surface area contributed by atoms with Crippen molar-refractivity contribution < 1.29 is 4.74 Å². The highest BCUT2D eigenvalue weighted by Gasteiger charge is 2.20. The second-order valence-corrected chi connectivity index (χ2v) is 6.28. The van der Waals surface area contributed by atoms with Crippen LogP contribution in [0.15, 0.2) is 0 Å². The van der Waals surface area contributed by atoms with E-state index in [4.69, 9.17) is 62.7 Å². The first-order valence-corrected chi connectivity index (χ1v) is 8.16. The van der Waals surface area contributed by atoms with Crippen LogP contribution in [0.2, 0.25) is 25.1 Å². The predicted octanol–water partition coefficient (Wildman–Crippen LogP) is 6.11. The molecule has 0 heterocycles. The van der Waals surface area contributed by atoms with Gasteiger partial charge in [-0.15, -0.1) is 0 Å². The van der Waals surface area contributed by atoms with Gasteiger partial charge in [-0.25, -0.2) is 0 Å². The van der Waals surface area contributed by atoms with Crippen LogP contribution in [0.3, 0.4) is 0 Å². The average molecular weight is 380 g/mol. The largest absolute Gasteiger partial charge is 0.489 e. The van der Waals surface area contributed by atoms with Gasteiger partial charge in [0.05, 0.1) is 15.1 Å². The summed E-state index contributed by atoms with van der Waals surface area (Å²) in [7, 11) is 0. The summed E-state index contributed by atoms with van der Waals surface area (Å²) in [4.78, 5) is 0. The Morgan fingerprint density at radius 3 is 1.95 bits per heavy atom. The molecule has 1 unspecified atom stereocenters. The second kappa shape index (κ2) is 8.77. The Hall–Kier alpha value is 0.430. The summed E-state index contributed by atoms with van der Waals surface area (Å²) >= 11 is 29.9. The molecule has 114 valence electrons. The van der Waals surface area contributed by atoms with Crippen molar-refractivity contribution in [2.45, 2.75) is 32.7 Å². The maximum Gasteiger partial charge on any atom is 0.159 e. The van der Waals surface area contributed by atoms with Crippen LogP contribution in [0.4, 0.5) is 0 Å². The lowest BCUT2D eigenvalue weighted by Gasteiger charge is -2.16. The van der Waals surface area contributed by atoms with Gasteiger partial charge in [-0.3, -0.25) is 0 Å². The predicted molar refractivity (Wildman–Crippen MR) is 89.4 cm³/mol. The lowest BCUT2D eigenvalue weighted by atomic mass is 10.2. The Labute approximate surface area is 144 Å². The molecule has 1 rings (SSSR count). The first-order valence-electron chi connectivity index (χ1n) is 6.27. The summed E-state index contributed by atoms with van der Waals surface area (Å²) in [6.07, 6.45) is 2.25. The fourth-order valence-electron chi connectivity index (χ4n) is 1.70. The van der Waals surface area contributed by atoms with E-state index in [2.05, 4.69) is 19.2 Å². The van der Waals surface area contributed by atoms with Crippen molar-refractivity contribution in [3.63, 3.8) is 0 Å². The third-order valence-corrected chi connectivity index (χ3v) is 4.97. The summed E-state index contributed by atoms with van der Waals surface area (Å²) in [6.45, 7) is 5.35. The molecule has 0 aliphatic heterocycles. The van der Waals surface area contributed by atoms with E-state index in [1.54, 1.807) is 0 Å². The van der Waals surface area contributed by atoms with Crippen molar-refractivity contribution in [1.82, 2.24) is 5.32 Å². The smallest absolute Gasteiger partial charge is 0.159 e. The van der Waals surface area contributed by atoms with E-state index in [1.807, 2.05) is 0 Å². The minimum Gasteiger partial charge on any atom is -0.489 e. The number of hydrogen-bond donors (Lipinski definition) is 1. The van der Waals surface area contributed by atoms with Gasteiger partial charge in [-0.2, -0.15) is 0 Å². The first kappa shape index (κ1) is 18.5. The van der Waals surface area contributed by atoms with E-state index in [9.17, 15) is 0 Å². The Balaban J connectivity index is 2.65. The lowest BCUT2D eigenvalue weighted by molar-refractivity contribution is 0.305. The molecule has 0 aliphatic carbocycles. The Morgan fingerprint density at radius 2 is 1.45 bits per heavy atom. The molecule has 20 heavy (non-hydrogen) atoms.